The molecule has 25 heavy (non-hydrogen) atoms. The highest BCUT2D eigenvalue weighted by atomic mass is 35.5. The Morgan fingerprint density at radius 1 is 1.16 bits per heavy atom. The van der Waals surface area contributed by atoms with Crippen LogP contribution in [-0.4, -0.2) is 29.1 Å². The third kappa shape index (κ3) is 4.31. The first kappa shape index (κ1) is 17.3. The summed E-state index contributed by atoms with van der Waals surface area (Å²) >= 11 is 6.01. The van der Waals surface area contributed by atoms with Crippen molar-refractivity contribution in [3.8, 4) is 0 Å². The number of para-hydroxylation sites is 2. The molecule has 0 aliphatic carbocycles. The van der Waals surface area contributed by atoms with Gasteiger partial charge < -0.3 is 15.2 Å². The molecule has 0 aliphatic rings. The molecular formula is C19H22ClN5. The molecule has 0 spiro atoms. The van der Waals surface area contributed by atoms with Gasteiger partial charge in [-0.15, -0.1) is 0 Å². The van der Waals surface area contributed by atoms with Crippen LogP contribution in [0.1, 0.15) is 11.4 Å². The van der Waals surface area contributed by atoms with Gasteiger partial charge in [0.15, 0.2) is 5.96 Å². The van der Waals surface area contributed by atoms with Gasteiger partial charge in [-0.1, -0.05) is 35.9 Å². The zero-order valence-electron chi connectivity index (χ0n) is 14.5. The van der Waals surface area contributed by atoms with Crippen molar-refractivity contribution in [1.29, 1.82) is 0 Å². The molecule has 0 saturated heterocycles. The van der Waals surface area contributed by atoms with Crippen molar-refractivity contribution in [2.24, 2.45) is 12.0 Å². The largest absolute Gasteiger partial charge is 0.356 e. The first-order valence-corrected chi connectivity index (χ1v) is 8.64. The van der Waals surface area contributed by atoms with Crippen molar-refractivity contribution >= 4 is 28.6 Å². The lowest BCUT2D eigenvalue weighted by atomic mass is 10.1. The van der Waals surface area contributed by atoms with Gasteiger partial charge in [-0.3, -0.25) is 4.99 Å². The maximum atomic E-state index is 6.01. The third-order valence-corrected chi connectivity index (χ3v) is 4.35. The number of fused-ring (bicyclic) bond motifs is 1. The van der Waals surface area contributed by atoms with E-state index in [-0.39, 0.29) is 0 Å². The molecule has 1 aromatic heterocycles. The quantitative estimate of drug-likeness (QED) is 0.546. The Morgan fingerprint density at radius 3 is 2.76 bits per heavy atom. The number of hydrogen-bond acceptors (Lipinski definition) is 2. The molecular weight excluding hydrogens is 334 g/mol. The topological polar surface area (TPSA) is 54.2 Å². The molecule has 130 valence electrons. The number of benzene rings is 2. The number of rotatable bonds is 5. The summed E-state index contributed by atoms with van der Waals surface area (Å²) in [5.74, 6) is 1.73. The van der Waals surface area contributed by atoms with E-state index in [9.17, 15) is 0 Å². The van der Waals surface area contributed by atoms with E-state index < -0.39 is 0 Å². The van der Waals surface area contributed by atoms with Crippen LogP contribution >= 0.6 is 11.6 Å². The highest BCUT2D eigenvalue weighted by Crippen LogP contribution is 2.14. The monoisotopic (exact) mass is 355 g/mol. The molecule has 2 aromatic carbocycles. The molecule has 1 heterocycles. The van der Waals surface area contributed by atoms with Crippen LogP contribution in [-0.2, 0) is 20.0 Å². The maximum absolute atomic E-state index is 6.01. The molecule has 0 saturated carbocycles. The van der Waals surface area contributed by atoms with Gasteiger partial charge in [0.2, 0.25) is 0 Å². The summed E-state index contributed by atoms with van der Waals surface area (Å²) in [6.45, 7) is 1.39. The van der Waals surface area contributed by atoms with Gasteiger partial charge in [0.25, 0.3) is 0 Å². The molecule has 0 atom stereocenters. The summed E-state index contributed by atoms with van der Waals surface area (Å²) in [6.07, 6.45) is 0.882. The molecule has 0 amide bonds. The number of halogens is 1. The van der Waals surface area contributed by atoms with E-state index in [1.165, 1.54) is 5.56 Å². The number of nitrogens with zero attached hydrogens (tertiary/aromatic N) is 3. The minimum Gasteiger partial charge on any atom is -0.356 e. The average molecular weight is 356 g/mol. The number of aryl methyl sites for hydroxylation is 1. The summed E-state index contributed by atoms with van der Waals surface area (Å²) in [4.78, 5) is 8.93. The summed E-state index contributed by atoms with van der Waals surface area (Å²) in [5, 5.41) is 7.40. The molecule has 0 fully saturated rings. The Balaban J connectivity index is 1.54. The van der Waals surface area contributed by atoms with Crippen LogP contribution in [0, 0.1) is 0 Å². The van der Waals surface area contributed by atoms with Crippen LogP contribution in [0.25, 0.3) is 11.0 Å². The normalized spacial score (nSPS) is 11.7. The minimum absolute atomic E-state index is 0.613. The van der Waals surface area contributed by atoms with E-state index in [1.54, 1.807) is 7.05 Å². The number of aliphatic imine (C=N–C) groups is 1. The van der Waals surface area contributed by atoms with Crippen molar-refractivity contribution < 1.29 is 0 Å². The standard InChI is InChI=1S/C19H22ClN5/c1-21-19(22-11-10-14-6-5-7-15(20)12-14)23-13-18-24-16-8-3-4-9-17(16)25(18)2/h3-9,12H,10-11,13H2,1-2H3,(H2,21,22,23). The second-order valence-corrected chi connectivity index (χ2v) is 6.24. The lowest BCUT2D eigenvalue weighted by molar-refractivity contribution is 0.734. The summed E-state index contributed by atoms with van der Waals surface area (Å²) in [5.41, 5.74) is 3.33. The number of guanidine groups is 1. The predicted octanol–water partition coefficient (Wildman–Crippen LogP) is 3.13. The SMILES string of the molecule is CN=C(NCCc1cccc(Cl)c1)NCc1nc2ccccc2n1C. The highest BCUT2D eigenvalue weighted by Gasteiger charge is 2.07. The van der Waals surface area contributed by atoms with E-state index in [0.29, 0.717) is 6.54 Å². The van der Waals surface area contributed by atoms with E-state index in [0.717, 1.165) is 40.8 Å². The fourth-order valence-electron chi connectivity index (χ4n) is 2.75. The Hall–Kier alpha value is -2.53. The fourth-order valence-corrected chi connectivity index (χ4v) is 2.97. The summed E-state index contributed by atoms with van der Waals surface area (Å²) < 4.78 is 2.10. The number of hydrogen-bond donors (Lipinski definition) is 2. The van der Waals surface area contributed by atoms with Crippen molar-refractivity contribution in [1.82, 2.24) is 20.2 Å². The smallest absolute Gasteiger partial charge is 0.191 e. The predicted molar refractivity (Wildman–Crippen MR) is 104 cm³/mol. The van der Waals surface area contributed by atoms with Crippen LogP contribution in [0.4, 0.5) is 0 Å². The van der Waals surface area contributed by atoms with Gasteiger partial charge in [-0.2, -0.15) is 0 Å². The number of imidazole rings is 1. The van der Waals surface area contributed by atoms with Crippen LogP contribution < -0.4 is 10.6 Å². The summed E-state index contributed by atoms with van der Waals surface area (Å²) in [6, 6.07) is 16.0. The van der Waals surface area contributed by atoms with Gasteiger partial charge in [0.1, 0.15) is 5.82 Å². The van der Waals surface area contributed by atoms with Crippen LogP contribution in [0.2, 0.25) is 5.02 Å². The van der Waals surface area contributed by atoms with Gasteiger partial charge in [0.05, 0.1) is 17.6 Å². The van der Waals surface area contributed by atoms with Crippen molar-refractivity contribution in [3.63, 3.8) is 0 Å². The lowest BCUT2D eigenvalue weighted by Gasteiger charge is -2.12. The number of nitrogens with one attached hydrogen (secondary N) is 2. The molecule has 2 N–H and O–H groups in total. The first-order valence-electron chi connectivity index (χ1n) is 8.26. The molecule has 3 rings (SSSR count). The molecule has 0 radical (unpaired) electrons. The molecule has 3 aromatic rings. The molecule has 0 bridgehead atoms. The molecule has 5 nitrogen and oxygen atoms in total. The van der Waals surface area contributed by atoms with Gasteiger partial charge in [0, 0.05) is 25.7 Å². The maximum Gasteiger partial charge on any atom is 0.191 e. The lowest BCUT2D eigenvalue weighted by Crippen LogP contribution is -2.38. The van der Waals surface area contributed by atoms with E-state index in [2.05, 4.69) is 37.3 Å². The zero-order chi connectivity index (χ0) is 17.6. The van der Waals surface area contributed by atoms with Crippen LogP contribution in [0.15, 0.2) is 53.5 Å². The number of aromatic nitrogens is 2. The second kappa shape index (κ2) is 8.03. The van der Waals surface area contributed by atoms with Crippen molar-refractivity contribution in [2.45, 2.75) is 13.0 Å². The third-order valence-electron chi connectivity index (χ3n) is 4.11. The Kier molecular flexibility index (Phi) is 5.56. The molecule has 6 heteroatoms. The second-order valence-electron chi connectivity index (χ2n) is 5.81. The molecule has 0 aliphatic heterocycles. The van der Waals surface area contributed by atoms with E-state index >= 15 is 0 Å². The average Bonchev–Trinajstić information content (AvgIpc) is 2.94. The zero-order valence-corrected chi connectivity index (χ0v) is 15.2. The van der Waals surface area contributed by atoms with E-state index in [4.69, 9.17) is 11.6 Å². The first-order chi connectivity index (χ1) is 12.2. The van der Waals surface area contributed by atoms with Crippen LogP contribution in [0.3, 0.4) is 0 Å². The van der Waals surface area contributed by atoms with Crippen molar-refractivity contribution in [2.75, 3.05) is 13.6 Å². The van der Waals surface area contributed by atoms with Crippen LogP contribution in [0.5, 0.6) is 0 Å². The summed E-state index contributed by atoms with van der Waals surface area (Å²) in [7, 11) is 3.80. The van der Waals surface area contributed by atoms with E-state index in [1.807, 2.05) is 43.4 Å². The molecule has 0 unspecified atom stereocenters. The van der Waals surface area contributed by atoms with Gasteiger partial charge in [-0.25, -0.2) is 4.98 Å². The Bertz CT molecular complexity index is 884. The fraction of sp³-hybridized carbons (Fsp3) is 0.263. The Morgan fingerprint density at radius 2 is 2.00 bits per heavy atom. The van der Waals surface area contributed by atoms with Gasteiger partial charge >= 0.3 is 0 Å². The van der Waals surface area contributed by atoms with Crippen molar-refractivity contribution in [3.05, 3.63) is 64.9 Å². The Labute approximate surface area is 152 Å². The minimum atomic E-state index is 0.613. The highest BCUT2D eigenvalue weighted by molar-refractivity contribution is 6.30. The van der Waals surface area contributed by atoms with Gasteiger partial charge in [-0.05, 0) is 36.2 Å².